The summed E-state index contributed by atoms with van der Waals surface area (Å²) in [5.41, 5.74) is 5.99. The monoisotopic (exact) mass is 277 g/mol. The van der Waals surface area contributed by atoms with Crippen molar-refractivity contribution in [1.29, 1.82) is 0 Å². The highest BCUT2D eigenvalue weighted by atomic mass is 14.9. The molecule has 1 heteroatoms. The van der Waals surface area contributed by atoms with Gasteiger partial charge in [0.25, 0.3) is 0 Å². The molecule has 1 aliphatic heterocycles. The fourth-order valence-electron chi connectivity index (χ4n) is 4.27. The van der Waals surface area contributed by atoms with Crippen LogP contribution in [0, 0.1) is 12.8 Å². The van der Waals surface area contributed by atoms with Crippen LogP contribution >= 0.6 is 0 Å². The molecular weight excluding hydrogens is 254 g/mol. The Morgan fingerprint density at radius 3 is 2.52 bits per heavy atom. The lowest BCUT2D eigenvalue weighted by molar-refractivity contribution is 0.278. The zero-order valence-electron chi connectivity index (χ0n) is 12.7. The number of fused-ring (bicyclic) bond motifs is 3. The first kappa shape index (κ1) is 13.1. The van der Waals surface area contributed by atoms with Gasteiger partial charge in [-0.2, -0.15) is 0 Å². The first-order valence-corrected chi connectivity index (χ1v) is 8.19. The predicted molar refractivity (Wildman–Crippen MR) is 87.8 cm³/mol. The maximum absolute atomic E-state index is 3.59. The minimum absolute atomic E-state index is 0.584. The fourth-order valence-corrected chi connectivity index (χ4v) is 4.27. The molecular formula is C20H23N. The molecule has 1 nitrogen and oxygen atoms in total. The number of hydrogen-bond acceptors (Lipinski definition) is 1. The van der Waals surface area contributed by atoms with Crippen molar-refractivity contribution in [3.05, 3.63) is 70.8 Å². The van der Waals surface area contributed by atoms with Gasteiger partial charge in [0.2, 0.25) is 0 Å². The zero-order valence-corrected chi connectivity index (χ0v) is 12.7. The van der Waals surface area contributed by atoms with Crippen molar-refractivity contribution in [3.63, 3.8) is 0 Å². The van der Waals surface area contributed by atoms with Gasteiger partial charge >= 0.3 is 0 Å². The summed E-state index contributed by atoms with van der Waals surface area (Å²) in [6.07, 6.45) is 2.63. The largest absolute Gasteiger partial charge is 0.316 e. The second kappa shape index (κ2) is 5.31. The van der Waals surface area contributed by atoms with Gasteiger partial charge in [0.15, 0.2) is 0 Å². The number of hydrogen-bond donors (Lipinski definition) is 1. The second-order valence-electron chi connectivity index (χ2n) is 6.69. The normalized spacial score (nSPS) is 27.8. The Bertz CT molecular complexity index is 629. The van der Waals surface area contributed by atoms with E-state index in [1.165, 1.54) is 30.5 Å². The molecule has 4 rings (SSSR count). The van der Waals surface area contributed by atoms with Crippen molar-refractivity contribution in [3.8, 4) is 0 Å². The van der Waals surface area contributed by atoms with Crippen LogP contribution < -0.4 is 5.32 Å². The van der Waals surface area contributed by atoms with Crippen LogP contribution in [0.5, 0.6) is 0 Å². The SMILES string of the molecule is Cc1ccc(C2CC3CCNCC3c3ccccc32)cc1. The molecule has 3 atom stereocenters. The Kier molecular flexibility index (Phi) is 3.31. The smallest absolute Gasteiger partial charge is 0.00950 e. The van der Waals surface area contributed by atoms with Gasteiger partial charge in [-0.1, -0.05) is 54.1 Å². The van der Waals surface area contributed by atoms with Crippen molar-refractivity contribution in [2.24, 2.45) is 5.92 Å². The quantitative estimate of drug-likeness (QED) is 0.823. The van der Waals surface area contributed by atoms with Gasteiger partial charge in [0.1, 0.15) is 0 Å². The van der Waals surface area contributed by atoms with E-state index >= 15 is 0 Å². The van der Waals surface area contributed by atoms with Gasteiger partial charge < -0.3 is 5.32 Å². The van der Waals surface area contributed by atoms with E-state index in [1.54, 1.807) is 11.1 Å². The maximum Gasteiger partial charge on any atom is 0.00950 e. The molecule has 1 heterocycles. The summed E-state index contributed by atoms with van der Waals surface area (Å²) in [5.74, 6) is 2.14. The third-order valence-corrected chi connectivity index (χ3v) is 5.41. The molecule has 2 aliphatic rings. The number of nitrogens with one attached hydrogen (secondary N) is 1. The van der Waals surface area contributed by atoms with E-state index in [0.717, 1.165) is 18.4 Å². The van der Waals surface area contributed by atoms with E-state index in [4.69, 9.17) is 0 Å². The third kappa shape index (κ3) is 2.30. The molecule has 1 aliphatic carbocycles. The molecule has 0 saturated carbocycles. The first-order chi connectivity index (χ1) is 10.3. The number of rotatable bonds is 1. The van der Waals surface area contributed by atoms with Crippen LogP contribution in [0.1, 0.15) is 46.9 Å². The number of benzene rings is 2. The average Bonchev–Trinajstić information content (AvgIpc) is 2.55. The van der Waals surface area contributed by atoms with E-state index in [9.17, 15) is 0 Å². The molecule has 0 bridgehead atoms. The van der Waals surface area contributed by atoms with Crippen LogP contribution in [0.15, 0.2) is 48.5 Å². The standard InChI is InChI=1S/C20H23N/c1-14-6-8-15(9-7-14)19-12-16-10-11-21-13-20(16)18-5-3-2-4-17(18)19/h2-9,16,19-21H,10-13H2,1H3. The summed E-state index contributed by atoms with van der Waals surface area (Å²) < 4.78 is 0. The molecule has 21 heavy (non-hydrogen) atoms. The highest BCUT2D eigenvalue weighted by Crippen LogP contribution is 2.47. The maximum atomic E-state index is 3.59. The van der Waals surface area contributed by atoms with Crippen LogP contribution in [0.25, 0.3) is 0 Å². The van der Waals surface area contributed by atoms with Gasteiger partial charge in [-0.05, 0) is 54.8 Å². The summed E-state index contributed by atoms with van der Waals surface area (Å²) in [4.78, 5) is 0. The van der Waals surface area contributed by atoms with Gasteiger partial charge in [-0.25, -0.2) is 0 Å². The molecule has 3 unspecified atom stereocenters. The molecule has 108 valence electrons. The lowest BCUT2D eigenvalue weighted by Crippen LogP contribution is -2.38. The summed E-state index contributed by atoms with van der Waals surface area (Å²) in [6, 6.07) is 18.3. The van der Waals surface area contributed by atoms with Crippen LogP contribution in [-0.2, 0) is 0 Å². The van der Waals surface area contributed by atoms with E-state index in [-0.39, 0.29) is 0 Å². The van der Waals surface area contributed by atoms with Gasteiger partial charge in [0.05, 0.1) is 0 Å². The predicted octanol–water partition coefficient (Wildman–Crippen LogP) is 4.22. The lowest BCUT2D eigenvalue weighted by Gasteiger charge is -2.41. The van der Waals surface area contributed by atoms with E-state index in [1.807, 2.05) is 0 Å². The number of aryl methyl sites for hydroxylation is 1. The molecule has 1 saturated heterocycles. The third-order valence-electron chi connectivity index (χ3n) is 5.41. The van der Waals surface area contributed by atoms with Gasteiger partial charge in [0, 0.05) is 12.5 Å². The Hall–Kier alpha value is -1.60. The summed E-state index contributed by atoms with van der Waals surface area (Å²) in [5, 5.41) is 3.59. The van der Waals surface area contributed by atoms with Crippen LogP contribution in [0.3, 0.4) is 0 Å². The number of piperidine rings is 1. The lowest BCUT2D eigenvalue weighted by atomic mass is 9.66. The van der Waals surface area contributed by atoms with Gasteiger partial charge in [-0.15, -0.1) is 0 Å². The zero-order chi connectivity index (χ0) is 14.2. The molecule has 0 radical (unpaired) electrons. The van der Waals surface area contributed by atoms with Crippen molar-refractivity contribution in [1.82, 2.24) is 5.32 Å². The molecule has 2 aromatic carbocycles. The topological polar surface area (TPSA) is 12.0 Å². The van der Waals surface area contributed by atoms with E-state index in [2.05, 4.69) is 60.8 Å². The molecule has 2 aromatic rings. The Morgan fingerprint density at radius 1 is 0.952 bits per heavy atom. The Labute approximate surface area is 127 Å². The first-order valence-electron chi connectivity index (χ1n) is 8.19. The van der Waals surface area contributed by atoms with Gasteiger partial charge in [-0.3, -0.25) is 0 Å². The summed E-state index contributed by atoms with van der Waals surface area (Å²) in [6.45, 7) is 4.51. The van der Waals surface area contributed by atoms with Crippen LogP contribution in [0.4, 0.5) is 0 Å². The molecule has 1 fully saturated rings. The molecule has 0 aromatic heterocycles. The van der Waals surface area contributed by atoms with Crippen LogP contribution in [0.2, 0.25) is 0 Å². The van der Waals surface area contributed by atoms with Crippen LogP contribution in [-0.4, -0.2) is 13.1 Å². The molecule has 0 spiro atoms. The van der Waals surface area contributed by atoms with E-state index < -0.39 is 0 Å². The Morgan fingerprint density at radius 2 is 1.71 bits per heavy atom. The summed E-state index contributed by atoms with van der Waals surface area (Å²) >= 11 is 0. The highest BCUT2D eigenvalue weighted by molar-refractivity contribution is 5.43. The van der Waals surface area contributed by atoms with Crippen molar-refractivity contribution < 1.29 is 0 Å². The van der Waals surface area contributed by atoms with Crippen molar-refractivity contribution in [2.45, 2.75) is 31.6 Å². The summed E-state index contributed by atoms with van der Waals surface area (Å²) in [7, 11) is 0. The molecule has 1 N–H and O–H groups in total. The average molecular weight is 277 g/mol. The van der Waals surface area contributed by atoms with Crippen molar-refractivity contribution >= 4 is 0 Å². The highest BCUT2D eigenvalue weighted by Gasteiger charge is 2.36. The Balaban J connectivity index is 1.79. The minimum Gasteiger partial charge on any atom is -0.316 e. The van der Waals surface area contributed by atoms with E-state index in [0.29, 0.717) is 5.92 Å². The molecule has 0 amide bonds. The van der Waals surface area contributed by atoms with Crippen molar-refractivity contribution in [2.75, 3.05) is 13.1 Å². The fraction of sp³-hybridized carbons (Fsp3) is 0.400. The minimum atomic E-state index is 0.584. The second-order valence-corrected chi connectivity index (χ2v) is 6.69.